The molecule has 2 aromatic rings. The quantitative estimate of drug-likeness (QED) is 0.788. The number of piperazine rings is 1. The van der Waals surface area contributed by atoms with Gasteiger partial charge in [0.2, 0.25) is 0 Å². The number of nitrogens with zero attached hydrogens (tertiary/aromatic N) is 1. The van der Waals surface area contributed by atoms with E-state index in [1.54, 1.807) is 6.07 Å². The van der Waals surface area contributed by atoms with E-state index in [0.717, 1.165) is 30.1 Å². The van der Waals surface area contributed by atoms with Gasteiger partial charge >= 0.3 is 6.18 Å². The Morgan fingerprint density at radius 1 is 1.12 bits per heavy atom. The van der Waals surface area contributed by atoms with Crippen LogP contribution in [-0.2, 0) is 6.18 Å². The Labute approximate surface area is 146 Å². The summed E-state index contributed by atoms with van der Waals surface area (Å²) in [4.78, 5) is 2.94. The predicted molar refractivity (Wildman–Crippen MR) is 87.0 cm³/mol. The van der Waals surface area contributed by atoms with Crippen LogP contribution in [0.25, 0.3) is 0 Å². The topological polar surface area (TPSA) is 15.3 Å². The van der Waals surface area contributed by atoms with Gasteiger partial charge in [0.05, 0.1) is 15.9 Å². The van der Waals surface area contributed by atoms with Gasteiger partial charge in [0.25, 0.3) is 0 Å². The second kappa shape index (κ2) is 7.00. The molecule has 0 saturated carbocycles. The minimum atomic E-state index is -4.72. The minimum absolute atomic E-state index is 0.369. The van der Waals surface area contributed by atoms with E-state index >= 15 is 0 Å². The molecule has 0 amide bonds. The molecule has 0 unspecified atom stereocenters. The third-order valence-electron chi connectivity index (χ3n) is 3.99. The summed E-state index contributed by atoms with van der Waals surface area (Å²) >= 11 is 7.34. The molecule has 1 N–H and O–H groups in total. The first-order valence-corrected chi connectivity index (χ1v) is 8.62. The molecule has 0 spiro atoms. The van der Waals surface area contributed by atoms with Gasteiger partial charge in [-0.25, -0.2) is 4.39 Å². The summed E-state index contributed by atoms with van der Waals surface area (Å²) < 4.78 is 53.4. The highest BCUT2D eigenvalue weighted by Gasteiger charge is 2.35. The summed E-state index contributed by atoms with van der Waals surface area (Å²) in [6, 6.07) is 6.40. The Kier molecular flexibility index (Phi) is 5.15. The van der Waals surface area contributed by atoms with Crippen molar-refractivity contribution in [2.45, 2.75) is 12.2 Å². The number of hydrogen-bond acceptors (Lipinski definition) is 3. The number of benzene rings is 1. The molecule has 1 aliphatic heterocycles. The highest BCUT2D eigenvalue weighted by molar-refractivity contribution is 7.16. The van der Waals surface area contributed by atoms with Crippen LogP contribution in [0.2, 0.25) is 4.34 Å². The summed E-state index contributed by atoms with van der Waals surface area (Å²) in [5, 5.41) is 3.22. The molecule has 1 saturated heterocycles. The van der Waals surface area contributed by atoms with Crippen molar-refractivity contribution < 1.29 is 17.6 Å². The summed E-state index contributed by atoms with van der Waals surface area (Å²) in [6.07, 6.45) is -4.72. The van der Waals surface area contributed by atoms with Crippen LogP contribution < -0.4 is 5.32 Å². The molecule has 0 radical (unpaired) electrons. The van der Waals surface area contributed by atoms with Gasteiger partial charge in [0.15, 0.2) is 0 Å². The molecule has 3 rings (SSSR count). The number of nitrogens with one attached hydrogen (secondary N) is 1. The first-order chi connectivity index (χ1) is 11.4. The van der Waals surface area contributed by atoms with Crippen LogP contribution in [0, 0.1) is 5.82 Å². The molecule has 1 aromatic carbocycles. The summed E-state index contributed by atoms with van der Waals surface area (Å²) in [7, 11) is 0. The SMILES string of the molecule is Fc1ccc([C@@H](c2ccc(Cl)s2)N2CCNCC2)cc1C(F)(F)F. The lowest BCUT2D eigenvalue weighted by atomic mass is 9.99. The average molecular weight is 379 g/mol. The molecule has 24 heavy (non-hydrogen) atoms. The van der Waals surface area contributed by atoms with Crippen LogP contribution in [-0.4, -0.2) is 31.1 Å². The molecule has 2 nitrogen and oxygen atoms in total. The predicted octanol–water partition coefficient (Wildman–Crippen LogP) is 4.55. The molecule has 8 heteroatoms. The molecule has 130 valence electrons. The molecule has 0 aliphatic carbocycles. The highest BCUT2D eigenvalue weighted by atomic mass is 35.5. The van der Waals surface area contributed by atoms with Crippen LogP contribution in [0.5, 0.6) is 0 Å². The van der Waals surface area contributed by atoms with Crippen molar-refractivity contribution in [3.05, 3.63) is 56.5 Å². The minimum Gasteiger partial charge on any atom is -0.314 e. The molecule has 1 aromatic heterocycles. The molecule has 0 bridgehead atoms. The Morgan fingerprint density at radius 3 is 2.42 bits per heavy atom. The Morgan fingerprint density at radius 2 is 1.83 bits per heavy atom. The van der Waals surface area contributed by atoms with Crippen molar-refractivity contribution in [2.24, 2.45) is 0 Å². The van der Waals surface area contributed by atoms with Crippen LogP contribution in [0.4, 0.5) is 17.6 Å². The Balaban J connectivity index is 2.05. The number of rotatable bonds is 3. The fourth-order valence-corrected chi connectivity index (χ4v) is 4.13. The molecule has 1 fully saturated rings. The van der Waals surface area contributed by atoms with Crippen molar-refractivity contribution >= 4 is 22.9 Å². The zero-order valence-electron chi connectivity index (χ0n) is 12.5. The monoisotopic (exact) mass is 378 g/mol. The van der Waals surface area contributed by atoms with E-state index in [-0.39, 0.29) is 6.04 Å². The van der Waals surface area contributed by atoms with Crippen LogP contribution >= 0.6 is 22.9 Å². The van der Waals surface area contributed by atoms with Gasteiger partial charge in [-0.2, -0.15) is 13.2 Å². The van der Waals surface area contributed by atoms with Crippen LogP contribution in [0.1, 0.15) is 22.0 Å². The van der Waals surface area contributed by atoms with Gasteiger partial charge in [0, 0.05) is 31.1 Å². The van der Waals surface area contributed by atoms with Gasteiger partial charge < -0.3 is 5.32 Å². The maximum atomic E-state index is 13.6. The van der Waals surface area contributed by atoms with E-state index in [2.05, 4.69) is 10.2 Å². The number of thiophene rings is 1. The smallest absolute Gasteiger partial charge is 0.314 e. The largest absolute Gasteiger partial charge is 0.419 e. The summed E-state index contributed by atoms with van der Waals surface area (Å²) in [5.41, 5.74) is -0.813. The van der Waals surface area contributed by atoms with Gasteiger partial charge in [-0.1, -0.05) is 17.7 Å². The fourth-order valence-electron chi connectivity index (χ4n) is 2.90. The molecule has 1 aliphatic rings. The van der Waals surface area contributed by atoms with E-state index in [4.69, 9.17) is 11.6 Å². The third kappa shape index (κ3) is 3.74. The first-order valence-electron chi connectivity index (χ1n) is 7.43. The van der Waals surface area contributed by atoms with Crippen molar-refractivity contribution in [1.82, 2.24) is 10.2 Å². The number of hydrogen-bond donors (Lipinski definition) is 1. The number of halogens is 5. The second-order valence-corrected chi connectivity index (χ2v) is 7.31. The van der Waals surface area contributed by atoms with Crippen LogP contribution in [0.15, 0.2) is 30.3 Å². The van der Waals surface area contributed by atoms with Gasteiger partial charge in [-0.3, -0.25) is 4.90 Å². The molecular formula is C16H15ClF4N2S. The lowest BCUT2D eigenvalue weighted by molar-refractivity contribution is -0.140. The maximum absolute atomic E-state index is 13.6. The zero-order chi connectivity index (χ0) is 17.3. The lowest BCUT2D eigenvalue weighted by Crippen LogP contribution is -2.45. The lowest BCUT2D eigenvalue weighted by Gasteiger charge is -2.35. The fraction of sp³-hybridized carbons (Fsp3) is 0.375. The van der Waals surface area contributed by atoms with E-state index < -0.39 is 17.6 Å². The normalized spacial score (nSPS) is 17.9. The average Bonchev–Trinajstić information content (AvgIpc) is 2.95. The summed E-state index contributed by atoms with van der Waals surface area (Å²) in [6.45, 7) is 2.89. The van der Waals surface area contributed by atoms with Crippen molar-refractivity contribution in [3.8, 4) is 0 Å². The van der Waals surface area contributed by atoms with Crippen molar-refractivity contribution in [3.63, 3.8) is 0 Å². The zero-order valence-corrected chi connectivity index (χ0v) is 14.1. The maximum Gasteiger partial charge on any atom is 0.419 e. The summed E-state index contributed by atoms with van der Waals surface area (Å²) in [5.74, 6) is -1.26. The Bertz CT molecular complexity index is 710. The van der Waals surface area contributed by atoms with Gasteiger partial charge in [-0.15, -0.1) is 11.3 Å². The van der Waals surface area contributed by atoms with Crippen molar-refractivity contribution in [1.29, 1.82) is 0 Å². The number of alkyl halides is 3. The van der Waals surface area contributed by atoms with E-state index in [0.29, 0.717) is 23.0 Å². The molecule has 2 heterocycles. The Hall–Kier alpha value is -1.15. The van der Waals surface area contributed by atoms with E-state index in [1.165, 1.54) is 17.4 Å². The van der Waals surface area contributed by atoms with E-state index in [1.807, 2.05) is 6.07 Å². The molecule has 1 atom stereocenters. The van der Waals surface area contributed by atoms with E-state index in [9.17, 15) is 17.6 Å². The van der Waals surface area contributed by atoms with Crippen LogP contribution in [0.3, 0.4) is 0 Å². The third-order valence-corrected chi connectivity index (χ3v) is 5.28. The van der Waals surface area contributed by atoms with Crippen molar-refractivity contribution in [2.75, 3.05) is 26.2 Å². The molecular weight excluding hydrogens is 364 g/mol. The van der Waals surface area contributed by atoms with Gasteiger partial charge in [-0.05, 0) is 29.8 Å². The first kappa shape index (κ1) is 17.7. The standard InChI is InChI=1S/C16H15ClF4N2S/c17-14-4-3-13(24-14)15(23-7-5-22-6-8-23)10-1-2-12(18)11(9-10)16(19,20)21/h1-4,9,15,22H,5-8H2/t15-/m0/s1. The van der Waals surface area contributed by atoms with Gasteiger partial charge in [0.1, 0.15) is 5.82 Å². The highest BCUT2D eigenvalue weighted by Crippen LogP contribution is 2.38. The second-order valence-electron chi connectivity index (χ2n) is 5.57.